The van der Waals surface area contributed by atoms with Gasteiger partial charge in [0.15, 0.2) is 0 Å². The normalized spacial score (nSPS) is 11.2. The lowest BCUT2D eigenvalue weighted by atomic mass is 9.83. The Hall–Kier alpha value is -1.56. The SMILES string of the molecule is CC(C)(C(=O)NCCCNC(=O)c1cccs1)c1ccc(Cl)c(Cl)c1. The number of rotatable bonds is 7. The molecule has 7 heteroatoms. The van der Waals surface area contributed by atoms with Gasteiger partial charge in [-0.1, -0.05) is 35.3 Å². The van der Waals surface area contributed by atoms with Crippen LogP contribution in [0, 0.1) is 0 Å². The van der Waals surface area contributed by atoms with Gasteiger partial charge in [-0.25, -0.2) is 0 Å². The number of benzene rings is 1. The van der Waals surface area contributed by atoms with Gasteiger partial charge in [-0.2, -0.15) is 0 Å². The molecule has 4 nitrogen and oxygen atoms in total. The Bertz CT molecular complexity index is 746. The number of halogens is 2. The molecule has 1 aromatic heterocycles. The van der Waals surface area contributed by atoms with Crippen LogP contribution in [0.25, 0.3) is 0 Å². The number of nitrogens with one attached hydrogen (secondary N) is 2. The molecule has 2 rings (SSSR count). The van der Waals surface area contributed by atoms with Gasteiger partial charge in [0.1, 0.15) is 0 Å². The molecule has 0 aliphatic heterocycles. The maximum absolute atomic E-state index is 12.5. The van der Waals surface area contributed by atoms with Crippen LogP contribution in [-0.2, 0) is 10.2 Å². The first kappa shape index (κ1) is 19.8. The lowest BCUT2D eigenvalue weighted by Crippen LogP contribution is -2.41. The summed E-state index contributed by atoms with van der Waals surface area (Å²) in [7, 11) is 0. The van der Waals surface area contributed by atoms with E-state index in [-0.39, 0.29) is 11.8 Å². The predicted molar refractivity (Wildman–Crippen MR) is 104 cm³/mol. The molecule has 0 spiro atoms. The van der Waals surface area contributed by atoms with Crippen LogP contribution in [0.3, 0.4) is 0 Å². The molecule has 0 fully saturated rings. The summed E-state index contributed by atoms with van der Waals surface area (Å²) in [4.78, 5) is 25.0. The quantitative estimate of drug-likeness (QED) is 0.684. The summed E-state index contributed by atoms with van der Waals surface area (Å²) in [6, 6.07) is 8.82. The van der Waals surface area contributed by atoms with Gasteiger partial charge in [0.05, 0.1) is 20.3 Å². The summed E-state index contributed by atoms with van der Waals surface area (Å²) in [6.07, 6.45) is 0.653. The first-order valence-electron chi connectivity index (χ1n) is 7.88. The van der Waals surface area contributed by atoms with E-state index < -0.39 is 5.41 Å². The number of hydrogen-bond donors (Lipinski definition) is 2. The Labute approximate surface area is 161 Å². The highest BCUT2D eigenvalue weighted by atomic mass is 35.5. The second-order valence-corrected chi connectivity index (χ2v) is 7.86. The van der Waals surface area contributed by atoms with Crippen molar-refractivity contribution in [3.63, 3.8) is 0 Å². The monoisotopic (exact) mass is 398 g/mol. The van der Waals surface area contributed by atoms with Crippen molar-refractivity contribution in [2.45, 2.75) is 25.7 Å². The van der Waals surface area contributed by atoms with Crippen molar-refractivity contribution in [2.75, 3.05) is 13.1 Å². The van der Waals surface area contributed by atoms with Crippen molar-refractivity contribution in [3.05, 3.63) is 56.2 Å². The Morgan fingerprint density at radius 1 is 1.08 bits per heavy atom. The summed E-state index contributed by atoms with van der Waals surface area (Å²) in [5.74, 6) is -0.187. The predicted octanol–water partition coefficient (Wildman–Crippen LogP) is 4.27. The van der Waals surface area contributed by atoms with Gasteiger partial charge in [-0.05, 0) is 49.4 Å². The molecular weight excluding hydrogens is 379 g/mol. The first-order valence-corrected chi connectivity index (χ1v) is 9.51. The Morgan fingerprint density at radius 2 is 1.80 bits per heavy atom. The summed E-state index contributed by atoms with van der Waals surface area (Å²) in [5.41, 5.74) is 0.0689. The number of thiophene rings is 1. The van der Waals surface area contributed by atoms with Crippen molar-refractivity contribution < 1.29 is 9.59 Å². The molecule has 0 unspecified atom stereocenters. The van der Waals surface area contributed by atoms with Crippen molar-refractivity contribution >= 4 is 46.4 Å². The molecule has 134 valence electrons. The number of amides is 2. The highest BCUT2D eigenvalue weighted by molar-refractivity contribution is 7.12. The summed E-state index contributed by atoms with van der Waals surface area (Å²) < 4.78 is 0. The third kappa shape index (κ3) is 5.21. The van der Waals surface area contributed by atoms with Crippen molar-refractivity contribution in [2.24, 2.45) is 0 Å². The average molecular weight is 399 g/mol. The standard InChI is InChI=1S/C18H20Cl2N2O2S/c1-18(2,12-6-7-13(19)14(20)11-12)17(24)22-9-4-8-21-16(23)15-5-3-10-25-15/h3,5-7,10-11H,4,8-9H2,1-2H3,(H,21,23)(H,22,24). The third-order valence-electron chi connectivity index (χ3n) is 3.88. The minimum absolute atomic E-state index is 0.0857. The molecule has 0 aliphatic rings. The van der Waals surface area contributed by atoms with Crippen molar-refractivity contribution in [1.82, 2.24) is 10.6 Å². The number of hydrogen-bond acceptors (Lipinski definition) is 3. The molecule has 0 radical (unpaired) electrons. The largest absolute Gasteiger partial charge is 0.355 e. The van der Waals surface area contributed by atoms with E-state index in [0.717, 1.165) is 5.56 Å². The Kier molecular flexibility index (Phi) is 6.87. The van der Waals surface area contributed by atoms with Gasteiger partial charge < -0.3 is 10.6 Å². The smallest absolute Gasteiger partial charge is 0.261 e. The van der Waals surface area contributed by atoms with Crippen LogP contribution in [0.1, 0.15) is 35.5 Å². The summed E-state index contributed by atoms with van der Waals surface area (Å²) in [6.45, 7) is 4.65. The van der Waals surface area contributed by atoms with E-state index >= 15 is 0 Å². The van der Waals surface area contributed by atoms with Crippen LogP contribution in [0.15, 0.2) is 35.7 Å². The minimum atomic E-state index is -0.728. The van der Waals surface area contributed by atoms with Crippen molar-refractivity contribution in [3.8, 4) is 0 Å². The minimum Gasteiger partial charge on any atom is -0.355 e. The van der Waals surface area contributed by atoms with Crippen molar-refractivity contribution in [1.29, 1.82) is 0 Å². The average Bonchev–Trinajstić information content (AvgIpc) is 3.11. The summed E-state index contributed by atoms with van der Waals surface area (Å²) >= 11 is 13.4. The summed E-state index contributed by atoms with van der Waals surface area (Å²) in [5, 5.41) is 8.48. The first-order chi connectivity index (χ1) is 11.8. The fourth-order valence-electron chi connectivity index (χ4n) is 2.22. The van der Waals surface area contributed by atoms with E-state index in [1.165, 1.54) is 11.3 Å². The maximum Gasteiger partial charge on any atom is 0.261 e. The number of carbonyl (C=O) groups excluding carboxylic acids is 2. The molecule has 0 aliphatic carbocycles. The van der Waals surface area contributed by atoms with Crippen LogP contribution in [0.4, 0.5) is 0 Å². The molecule has 0 atom stereocenters. The van der Waals surface area contributed by atoms with E-state index in [1.54, 1.807) is 24.3 Å². The molecule has 2 aromatic rings. The fourth-order valence-corrected chi connectivity index (χ4v) is 3.16. The van der Waals surface area contributed by atoms with Gasteiger partial charge in [-0.3, -0.25) is 9.59 Å². The molecule has 25 heavy (non-hydrogen) atoms. The van der Waals surface area contributed by atoms with Crippen LogP contribution in [0.5, 0.6) is 0 Å². The second kappa shape index (κ2) is 8.70. The third-order valence-corrected chi connectivity index (χ3v) is 5.49. The van der Waals surface area contributed by atoms with Crippen LogP contribution in [-0.4, -0.2) is 24.9 Å². The molecule has 2 amide bonds. The highest BCUT2D eigenvalue weighted by Crippen LogP contribution is 2.30. The fraction of sp³-hybridized carbons (Fsp3) is 0.333. The second-order valence-electron chi connectivity index (χ2n) is 6.10. The number of carbonyl (C=O) groups is 2. The molecule has 0 saturated carbocycles. The van der Waals surface area contributed by atoms with Gasteiger partial charge in [0, 0.05) is 13.1 Å². The van der Waals surface area contributed by atoms with E-state index in [0.29, 0.717) is 34.4 Å². The van der Waals surface area contributed by atoms with Gasteiger partial charge in [0.2, 0.25) is 5.91 Å². The van der Waals surface area contributed by atoms with Crippen LogP contribution < -0.4 is 10.6 Å². The molecule has 2 N–H and O–H groups in total. The molecule has 0 saturated heterocycles. The zero-order valence-corrected chi connectivity index (χ0v) is 16.4. The Morgan fingerprint density at radius 3 is 2.44 bits per heavy atom. The topological polar surface area (TPSA) is 58.2 Å². The van der Waals surface area contributed by atoms with E-state index in [4.69, 9.17) is 23.2 Å². The molecule has 1 heterocycles. The van der Waals surface area contributed by atoms with Crippen LogP contribution in [0.2, 0.25) is 10.0 Å². The van der Waals surface area contributed by atoms with E-state index in [2.05, 4.69) is 10.6 Å². The van der Waals surface area contributed by atoms with Gasteiger partial charge in [0.25, 0.3) is 5.91 Å². The zero-order chi connectivity index (χ0) is 18.4. The molecule has 0 bridgehead atoms. The zero-order valence-electron chi connectivity index (χ0n) is 14.1. The molecule has 1 aromatic carbocycles. The van der Waals surface area contributed by atoms with E-state index in [1.807, 2.05) is 25.3 Å². The van der Waals surface area contributed by atoms with Gasteiger partial charge >= 0.3 is 0 Å². The van der Waals surface area contributed by atoms with Crippen LogP contribution >= 0.6 is 34.5 Å². The Balaban J connectivity index is 1.79. The highest BCUT2D eigenvalue weighted by Gasteiger charge is 2.29. The lowest BCUT2D eigenvalue weighted by Gasteiger charge is -2.24. The maximum atomic E-state index is 12.5. The van der Waals surface area contributed by atoms with Gasteiger partial charge in [-0.15, -0.1) is 11.3 Å². The lowest BCUT2D eigenvalue weighted by molar-refractivity contribution is -0.125. The van der Waals surface area contributed by atoms with E-state index in [9.17, 15) is 9.59 Å². The molecular formula is C18H20Cl2N2O2S.